The average Bonchev–Trinajstić information content (AvgIpc) is 2.16. The van der Waals surface area contributed by atoms with Crippen molar-refractivity contribution in [1.82, 2.24) is 0 Å². The minimum Gasteiger partial charge on any atom is -0.258 e. The van der Waals surface area contributed by atoms with Crippen LogP contribution < -0.4 is 0 Å². The van der Waals surface area contributed by atoms with Crippen molar-refractivity contribution in [2.45, 2.75) is 6.42 Å². The van der Waals surface area contributed by atoms with Gasteiger partial charge in [0.05, 0.1) is 4.92 Å². The number of halogens is 3. The van der Waals surface area contributed by atoms with Gasteiger partial charge in [0.1, 0.15) is 0 Å². The zero-order chi connectivity index (χ0) is 12.1. The highest BCUT2D eigenvalue weighted by atomic mass is 79.9. The standard InChI is InChI=1S/C10H6BrF2NO2/c11-4-2-1-3-7-5-8(12)10(14(15)16)9(13)6-7/h5-6H,2,4H2. The number of hydrogen-bond acceptors (Lipinski definition) is 2. The van der Waals surface area contributed by atoms with Gasteiger partial charge >= 0.3 is 5.69 Å². The molecule has 0 N–H and O–H groups in total. The van der Waals surface area contributed by atoms with Crippen molar-refractivity contribution < 1.29 is 13.7 Å². The molecule has 16 heavy (non-hydrogen) atoms. The number of nitro benzene ring substituents is 1. The fourth-order valence-electron chi connectivity index (χ4n) is 1.02. The Labute approximate surface area is 98.7 Å². The molecule has 0 unspecified atom stereocenters. The number of benzene rings is 1. The van der Waals surface area contributed by atoms with Crippen LogP contribution in [0.15, 0.2) is 12.1 Å². The van der Waals surface area contributed by atoms with Crippen molar-refractivity contribution in [3.05, 3.63) is 39.4 Å². The molecule has 1 rings (SSSR count). The molecule has 0 aromatic heterocycles. The summed E-state index contributed by atoms with van der Waals surface area (Å²) in [6.45, 7) is 0. The molecule has 0 fully saturated rings. The maximum atomic E-state index is 13.1. The van der Waals surface area contributed by atoms with Gasteiger partial charge in [-0.3, -0.25) is 10.1 Å². The number of nitro groups is 1. The second kappa shape index (κ2) is 5.56. The lowest BCUT2D eigenvalue weighted by Gasteiger charge is -1.96. The lowest BCUT2D eigenvalue weighted by atomic mass is 10.2. The van der Waals surface area contributed by atoms with Crippen LogP contribution in [0.3, 0.4) is 0 Å². The van der Waals surface area contributed by atoms with Crippen LogP contribution in [0.2, 0.25) is 0 Å². The fraction of sp³-hybridized carbons (Fsp3) is 0.200. The van der Waals surface area contributed by atoms with Gasteiger partial charge < -0.3 is 0 Å². The summed E-state index contributed by atoms with van der Waals surface area (Å²) in [4.78, 5) is 9.20. The van der Waals surface area contributed by atoms with Crippen LogP contribution in [0.25, 0.3) is 0 Å². The van der Waals surface area contributed by atoms with Crippen molar-refractivity contribution >= 4 is 21.6 Å². The third kappa shape index (κ3) is 3.00. The Morgan fingerprint density at radius 1 is 1.38 bits per heavy atom. The van der Waals surface area contributed by atoms with Crippen LogP contribution in [-0.4, -0.2) is 10.3 Å². The second-order valence-corrected chi connectivity index (χ2v) is 3.58. The van der Waals surface area contributed by atoms with E-state index in [0.29, 0.717) is 11.8 Å². The van der Waals surface area contributed by atoms with E-state index < -0.39 is 22.2 Å². The van der Waals surface area contributed by atoms with Gasteiger partial charge in [0, 0.05) is 17.3 Å². The zero-order valence-corrected chi connectivity index (χ0v) is 9.55. The SMILES string of the molecule is O=[N+]([O-])c1c(F)cc(C#CCCBr)cc1F. The van der Waals surface area contributed by atoms with E-state index in [2.05, 4.69) is 27.8 Å². The van der Waals surface area contributed by atoms with Gasteiger partial charge in [0.15, 0.2) is 0 Å². The average molecular weight is 290 g/mol. The highest BCUT2D eigenvalue weighted by Gasteiger charge is 2.21. The molecule has 0 saturated carbocycles. The summed E-state index contributed by atoms with van der Waals surface area (Å²) in [5.41, 5.74) is -1.06. The summed E-state index contributed by atoms with van der Waals surface area (Å²) in [5.74, 6) is 2.74. The van der Waals surface area contributed by atoms with E-state index in [9.17, 15) is 18.9 Å². The maximum absolute atomic E-state index is 13.1. The van der Waals surface area contributed by atoms with Gasteiger partial charge in [-0.05, 0) is 12.1 Å². The van der Waals surface area contributed by atoms with Crippen LogP contribution in [0, 0.1) is 33.6 Å². The molecule has 0 amide bonds. The normalized spacial score (nSPS) is 9.44. The molecule has 1 aromatic carbocycles. The summed E-state index contributed by atoms with van der Waals surface area (Å²) in [6.07, 6.45) is 0.528. The summed E-state index contributed by atoms with van der Waals surface area (Å²) >= 11 is 3.14. The van der Waals surface area contributed by atoms with Crippen molar-refractivity contribution in [3.8, 4) is 11.8 Å². The van der Waals surface area contributed by atoms with Gasteiger partial charge in [0.25, 0.3) is 0 Å². The molecule has 84 valence electrons. The van der Waals surface area contributed by atoms with Crippen molar-refractivity contribution in [2.24, 2.45) is 0 Å². The van der Waals surface area contributed by atoms with E-state index in [1.54, 1.807) is 0 Å². The quantitative estimate of drug-likeness (QED) is 0.364. The predicted octanol–water partition coefficient (Wildman–Crippen LogP) is 3.01. The third-order valence-electron chi connectivity index (χ3n) is 1.65. The molecule has 1 aromatic rings. The molecule has 0 saturated heterocycles. The fourth-order valence-corrected chi connectivity index (χ4v) is 1.22. The minimum absolute atomic E-state index is 0.0848. The van der Waals surface area contributed by atoms with Crippen molar-refractivity contribution in [3.63, 3.8) is 0 Å². The van der Waals surface area contributed by atoms with Crippen LogP contribution in [0.1, 0.15) is 12.0 Å². The third-order valence-corrected chi connectivity index (χ3v) is 2.05. The highest BCUT2D eigenvalue weighted by Crippen LogP contribution is 2.22. The van der Waals surface area contributed by atoms with E-state index in [-0.39, 0.29) is 5.56 Å². The van der Waals surface area contributed by atoms with Crippen molar-refractivity contribution in [2.75, 3.05) is 5.33 Å². The van der Waals surface area contributed by atoms with Gasteiger partial charge in [-0.1, -0.05) is 27.8 Å². The molecule has 0 radical (unpaired) electrons. The Hall–Kier alpha value is -1.48. The van der Waals surface area contributed by atoms with Crippen LogP contribution in [-0.2, 0) is 0 Å². The summed E-state index contributed by atoms with van der Waals surface area (Å²) in [7, 11) is 0. The Balaban J connectivity index is 3.11. The van der Waals surface area contributed by atoms with E-state index in [1.807, 2.05) is 0 Å². The molecule has 0 spiro atoms. The second-order valence-electron chi connectivity index (χ2n) is 2.79. The van der Waals surface area contributed by atoms with Crippen LogP contribution in [0.4, 0.5) is 14.5 Å². The maximum Gasteiger partial charge on any atom is 0.340 e. The van der Waals surface area contributed by atoms with Crippen LogP contribution >= 0.6 is 15.9 Å². The molecule has 0 bridgehead atoms. The zero-order valence-electron chi connectivity index (χ0n) is 7.97. The van der Waals surface area contributed by atoms with E-state index >= 15 is 0 Å². The molecular weight excluding hydrogens is 284 g/mol. The van der Waals surface area contributed by atoms with E-state index in [1.165, 1.54) is 0 Å². The Morgan fingerprint density at radius 2 is 1.94 bits per heavy atom. The molecular formula is C10H6BrF2NO2. The summed E-state index contributed by atoms with van der Waals surface area (Å²) in [6, 6.07) is 1.70. The van der Waals surface area contributed by atoms with Gasteiger partial charge in [-0.25, -0.2) is 0 Å². The molecule has 0 aliphatic heterocycles. The summed E-state index contributed by atoms with van der Waals surface area (Å²) < 4.78 is 26.2. The minimum atomic E-state index is -1.21. The largest absolute Gasteiger partial charge is 0.340 e. The first-order valence-corrected chi connectivity index (χ1v) is 5.36. The lowest BCUT2D eigenvalue weighted by molar-refractivity contribution is -0.390. The molecule has 6 heteroatoms. The monoisotopic (exact) mass is 289 g/mol. The van der Waals surface area contributed by atoms with E-state index in [4.69, 9.17) is 0 Å². The predicted molar refractivity (Wildman–Crippen MR) is 58.3 cm³/mol. The highest BCUT2D eigenvalue weighted by molar-refractivity contribution is 9.09. The topological polar surface area (TPSA) is 43.1 Å². The smallest absolute Gasteiger partial charge is 0.258 e. The molecule has 0 aliphatic rings. The number of alkyl halides is 1. The Morgan fingerprint density at radius 3 is 2.38 bits per heavy atom. The first-order valence-electron chi connectivity index (χ1n) is 4.24. The molecule has 0 aliphatic carbocycles. The summed E-state index contributed by atoms with van der Waals surface area (Å²) in [5, 5.41) is 10.9. The first-order chi connectivity index (χ1) is 7.56. The van der Waals surface area contributed by atoms with E-state index in [0.717, 1.165) is 12.1 Å². The number of nitrogens with zero attached hydrogens (tertiary/aromatic N) is 1. The molecule has 0 heterocycles. The molecule has 3 nitrogen and oxygen atoms in total. The molecule has 0 atom stereocenters. The Bertz CT molecular complexity index is 456. The van der Waals surface area contributed by atoms with Gasteiger partial charge in [-0.15, -0.1) is 0 Å². The van der Waals surface area contributed by atoms with Gasteiger partial charge in [0.2, 0.25) is 11.6 Å². The Kier molecular flexibility index (Phi) is 4.38. The number of hydrogen-bond donors (Lipinski definition) is 0. The van der Waals surface area contributed by atoms with Crippen LogP contribution in [0.5, 0.6) is 0 Å². The van der Waals surface area contributed by atoms with Crippen molar-refractivity contribution in [1.29, 1.82) is 0 Å². The lowest BCUT2D eigenvalue weighted by Crippen LogP contribution is -1.97. The number of rotatable bonds is 2. The van der Waals surface area contributed by atoms with Gasteiger partial charge in [-0.2, -0.15) is 8.78 Å². The first kappa shape index (κ1) is 12.6.